The number of aliphatic hydroxyl groups is 1. The molecule has 4 aliphatic heterocycles. The van der Waals surface area contributed by atoms with Gasteiger partial charge in [-0.3, -0.25) is 14.4 Å². The molecule has 0 aromatic heterocycles. The van der Waals surface area contributed by atoms with Gasteiger partial charge < -0.3 is 24.4 Å². The highest BCUT2D eigenvalue weighted by atomic mass is 16.6. The summed E-state index contributed by atoms with van der Waals surface area (Å²) in [6.07, 6.45) is 8.17. The Kier molecular flexibility index (Phi) is 6.84. The zero-order chi connectivity index (χ0) is 28.0. The number of allylic oxidation sites excluding steroid dienone is 1. The van der Waals surface area contributed by atoms with Crippen LogP contribution in [0, 0.1) is 25.7 Å². The number of hydrogen-bond acceptors (Lipinski definition) is 6. The Morgan fingerprint density at radius 2 is 1.75 bits per heavy atom. The average Bonchev–Trinajstić information content (AvgIpc) is 3.36. The van der Waals surface area contributed by atoms with Crippen LogP contribution in [0.5, 0.6) is 0 Å². The first kappa shape index (κ1) is 26.5. The molecule has 4 aliphatic rings. The van der Waals surface area contributed by atoms with E-state index in [0.29, 0.717) is 12.0 Å². The summed E-state index contributed by atoms with van der Waals surface area (Å²) >= 11 is 0. The monoisotopic (exact) mass is 542 g/mol. The molecule has 2 fully saturated rings. The summed E-state index contributed by atoms with van der Waals surface area (Å²) < 4.78 is 12.3. The molecule has 1 spiro atoms. The minimum atomic E-state index is -1.40. The van der Waals surface area contributed by atoms with Crippen LogP contribution >= 0.6 is 0 Å². The molecule has 8 nitrogen and oxygen atoms in total. The second-order valence-electron chi connectivity index (χ2n) is 11.0. The first-order valence-corrected chi connectivity index (χ1v) is 13.9. The van der Waals surface area contributed by atoms with E-state index in [4.69, 9.17) is 9.47 Å². The van der Waals surface area contributed by atoms with Gasteiger partial charge in [0.1, 0.15) is 17.6 Å². The predicted octanol–water partition coefficient (Wildman–Crippen LogP) is 3.41. The number of cyclic esters (lactones) is 1. The third-order valence-electron chi connectivity index (χ3n) is 8.69. The fourth-order valence-electron chi connectivity index (χ4n) is 6.99. The molecule has 2 aromatic carbocycles. The van der Waals surface area contributed by atoms with Gasteiger partial charge in [-0.15, -0.1) is 0 Å². The number of aliphatic hydroxyl groups excluding tert-OH is 1. The summed E-state index contributed by atoms with van der Waals surface area (Å²) in [5.74, 6) is -3.09. The largest absolute Gasteiger partial charge is 0.465 e. The average molecular weight is 543 g/mol. The lowest BCUT2D eigenvalue weighted by Gasteiger charge is -2.39. The van der Waals surface area contributed by atoms with E-state index < -0.39 is 54.1 Å². The van der Waals surface area contributed by atoms with Gasteiger partial charge in [-0.2, -0.15) is 0 Å². The standard InChI is InChI=1S/C32H34N2O6/c1-20-11-9-12-21(2)27(20)33-17-10-16-32-26(25-24(40-32)15-7-4-8-18-39-31(25)38)29(36)34(28(32)30(33)37)23(19-35)22-13-5-3-6-14-22/h3,5-7,9-16,23-26,28,35H,4,8,17-19H2,1-2H3/b15-7-/t23-,24+,25-,26+,28?,32+/m1/s1. The van der Waals surface area contributed by atoms with Crippen molar-refractivity contribution in [1.82, 2.24) is 4.90 Å². The molecule has 6 rings (SSSR count). The van der Waals surface area contributed by atoms with Gasteiger partial charge in [0, 0.05) is 12.2 Å². The number of fused-ring (bicyclic) bond motifs is 2. The van der Waals surface area contributed by atoms with E-state index in [0.717, 1.165) is 23.2 Å². The molecule has 2 saturated heterocycles. The third kappa shape index (κ3) is 4.00. The number of carbonyl (C=O) groups is 3. The molecule has 1 N–H and O–H groups in total. The summed E-state index contributed by atoms with van der Waals surface area (Å²) in [5, 5.41) is 10.7. The number of anilines is 1. The number of esters is 1. The molecule has 0 radical (unpaired) electrons. The van der Waals surface area contributed by atoms with Crippen molar-refractivity contribution >= 4 is 23.5 Å². The molecular weight excluding hydrogens is 508 g/mol. The molecule has 1 unspecified atom stereocenters. The molecule has 4 heterocycles. The maximum Gasteiger partial charge on any atom is 0.312 e. The van der Waals surface area contributed by atoms with Gasteiger partial charge in [0.05, 0.1) is 31.3 Å². The number of para-hydroxylation sites is 1. The molecule has 2 aromatic rings. The lowest BCUT2D eigenvalue weighted by Crippen LogP contribution is -2.56. The van der Waals surface area contributed by atoms with Gasteiger partial charge in [-0.25, -0.2) is 0 Å². The minimum Gasteiger partial charge on any atom is -0.465 e. The predicted molar refractivity (Wildman–Crippen MR) is 148 cm³/mol. The summed E-state index contributed by atoms with van der Waals surface area (Å²) in [5.41, 5.74) is 1.94. The Bertz CT molecular complexity index is 1370. The Morgan fingerprint density at radius 1 is 1.00 bits per heavy atom. The first-order valence-electron chi connectivity index (χ1n) is 13.9. The first-order chi connectivity index (χ1) is 19.4. The van der Waals surface area contributed by atoms with Gasteiger partial charge in [-0.05, 0) is 43.4 Å². The molecule has 2 amide bonds. The topological polar surface area (TPSA) is 96.4 Å². The Balaban J connectivity index is 1.54. The number of rotatable bonds is 4. The van der Waals surface area contributed by atoms with Crippen molar-refractivity contribution in [2.24, 2.45) is 11.8 Å². The van der Waals surface area contributed by atoms with Gasteiger partial charge >= 0.3 is 5.97 Å². The van der Waals surface area contributed by atoms with E-state index in [9.17, 15) is 19.5 Å². The van der Waals surface area contributed by atoms with Crippen molar-refractivity contribution in [3.8, 4) is 0 Å². The molecular formula is C32H34N2O6. The summed E-state index contributed by atoms with van der Waals surface area (Å²) in [7, 11) is 0. The van der Waals surface area contributed by atoms with Gasteiger partial charge in [0.25, 0.3) is 5.91 Å². The van der Waals surface area contributed by atoms with E-state index >= 15 is 0 Å². The fourth-order valence-corrected chi connectivity index (χ4v) is 6.99. The maximum absolute atomic E-state index is 14.8. The normalized spacial score (nSPS) is 31.3. The highest BCUT2D eigenvalue weighted by Crippen LogP contribution is 2.55. The van der Waals surface area contributed by atoms with E-state index in [-0.39, 0.29) is 19.1 Å². The van der Waals surface area contributed by atoms with Crippen molar-refractivity contribution in [1.29, 1.82) is 0 Å². The highest BCUT2D eigenvalue weighted by Gasteiger charge is 2.72. The Hall–Kier alpha value is -3.75. The Morgan fingerprint density at radius 3 is 2.48 bits per heavy atom. The second kappa shape index (κ2) is 10.3. The van der Waals surface area contributed by atoms with Crippen molar-refractivity contribution in [2.75, 3.05) is 24.7 Å². The number of ether oxygens (including phenoxy) is 2. The van der Waals surface area contributed by atoms with Crippen LogP contribution in [0.15, 0.2) is 72.8 Å². The van der Waals surface area contributed by atoms with Crippen LogP contribution in [0.4, 0.5) is 5.69 Å². The van der Waals surface area contributed by atoms with Crippen molar-refractivity contribution in [3.63, 3.8) is 0 Å². The van der Waals surface area contributed by atoms with E-state index in [1.165, 1.54) is 4.90 Å². The third-order valence-corrected chi connectivity index (χ3v) is 8.69. The minimum absolute atomic E-state index is 0.256. The number of amides is 2. The summed E-state index contributed by atoms with van der Waals surface area (Å²) in [6.45, 7) is 4.06. The molecule has 208 valence electrons. The lowest BCUT2D eigenvalue weighted by molar-refractivity contribution is -0.155. The second-order valence-corrected chi connectivity index (χ2v) is 11.0. The zero-order valence-electron chi connectivity index (χ0n) is 22.7. The number of carbonyl (C=O) groups excluding carboxylic acids is 3. The molecule has 0 saturated carbocycles. The number of benzene rings is 2. The molecule has 40 heavy (non-hydrogen) atoms. The fraction of sp³-hybridized carbons (Fsp3) is 0.406. The molecule has 6 atom stereocenters. The summed E-state index contributed by atoms with van der Waals surface area (Å²) in [4.78, 5) is 45.9. The van der Waals surface area contributed by atoms with Gasteiger partial charge in [0.2, 0.25) is 5.91 Å². The quantitative estimate of drug-likeness (QED) is 0.470. The molecule has 0 aliphatic carbocycles. The van der Waals surface area contributed by atoms with Crippen LogP contribution < -0.4 is 4.90 Å². The number of likely N-dealkylation sites (tertiary alicyclic amines) is 1. The lowest BCUT2D eigenvalue weighted by atomic mass is 9.78. The van der Waals surface area contributed by atoms with Crippen molar-refractivity contribution < 1.29 is 29.0 Å². The maximum atomic E-state index is 14.8. The van der Waals surface area contributed by atoms with Crippen LogP contribution in [-0.2, 0) is 23.9 Å². The van der Waals surface area contributed by atoms with Crippen molar-refractivity contribution in [3.05, 3.63) is 89.5 Å². The van der Waals surface area contributed by atoms with Crippen molar-refractivity contribution in [2.45, 2.75) is 50.5 Å². The van der Waals surface area contributed by atoms with E-state index in [2.05, 4.69) is 0 Å². The van der Waals surface area contributed by atoms with Crippen LogP contribution in [0.2, 0.25) is 0 Å². The molecule has 8 heteroatoms. The van der Waals surface area contributed by atoms with Crippen LogP contribution in [-0.4, -0.2) is 65.3 Å². The van der Waals surface area contributed by atoms with Crippen LogP contribution in [0.3, 0.4) is 0 Å². The molecule has 0 bridgehead atoms. The van der Waals surface area contributed by atoms with E-state index in [1.54, 1.807) is 4.90 Å². The number of aryl methyl sites for hydroxylation is 2. The number of hydrogen-bond donors (Lipinski definition) is 1. The van der Waals surface area contributed by atoms with E-state index in [1.807, 2.05) is 86.7 Å². The SMILES string of the molecule is Cc1cccc(C)c1N1CC=C[C@]23O[C@H]4/C=C\CCCOC(=O)[C@H]4[C@H]2C(=O)N([C@H](CO)c2ccccc2)C3C1=O. The van der Waals surface area contributed by atoms with Gasteiger partial charge in [0.15, 0.2) is 0 Å². The van der Waals surface area contributed by atoms with Crippen LogP contribution in [0.1, 0.15) is 35.6 Å². The smallest absolute Gasteiger partial charge is 0.312 e. The van der Waals surface area contributed by atoms with Crippen LogP contribution in [0.25, 0.3) is 0 Å². The number of nitrogens with zero attached hydrogens (tertiary/aromatic N) is 2. The zero-order valence-corrected chi connectivity index (χ0v) is 22.7. The Labute approximate surface area is 233 Å². The van der Waals surface area contributed by atoms with Gasteiger partial charge in [-0.1, -0.05) is 72.8 Å². The highest BCUT2D eigenvalue weighted by molar-refractivity contribution is 6.06. The summed E-state index contributed by atoms with van der Waals surface area (Å²) in [6, 6.07) is 13.1.